The monoisotopic (exact) mass is 283 g/mol. The highest BCUT2D eigenvalue weighted by Gasteiger charge is 2.10. The van der Waals surface area contributed by atoms with Gasteiger partial charge in [-0.2, -0.15) is 0 Å². The lowest BCUT2D eigenvalue weighted by molar-refractivity contribution is 0.416. The Morgan fingerprint density at radius 3 is 2.76 bits per heavy atom. The molecule has 3 rings (SSSR count). The van der Waals surface area contributed by atoms with Gasteiger partial charge in [0.15, 0.2) is 0 Å². The Balaban J connectivity index is 1.86. The predicted molar refractivity (Wildman–Crippen MR) is 79.2 cm³/mol. The van der Waals surface area contributed by atoms with E-state index in [4.69, 9.17) is 4.74 Å². The Morgan fingerprint density at radius 2 is 2.05 bits per heavy atom. The van der Waals surface area contributed by atoms with Crippen LogP contribution in [0.15, 0.2) is 30.5 Å². The highest BCUT2D eigenvalue weighted by Crippen LogP contribution is 2.27. The zero-order chi connectivity index (χ0) is 14.8. The molecule has 6 heteroatoms. The second-order valence-electron chi connectivity index (χ2n) is 4.90. The van der Waals surface area contributed by atoms with E-state index in [0.717, 1.165) is 34.2 Å². The van der Waals surface area contributed by atoms with Gasteiger partial charge < -0.3 is 9.72 Å². The molecule has 0 aliphatic carbocycles. The maximum atomic E-state index is 5.35. The summed E-state index contributed by atoms with van der Waals surface area (Å²) >= 11 is 0. The van der Waals surface area contributed by atoms with E-state index in [2.05, 4.69) is 20.3 Å². The quantitative estimate of drug-likeness (QED) is 0.798. The van der Waals surface area contributed by atoms with Crippen molar-refractivity contribution in [3.05, 3.63) is 47.7 Å². The molecule has 1 aromatic carbocycles. The van der Waals surface area contributed by atoms with Crippen LogP contribution < -0.4 is 4.74 Å². The summed E-state index contributed by atoms with van der Waals surface area (Å²) in [6.07, 6.45) is 1.89. The van der Waals surface area contributed by atoms with Crippen molar-refractivity contribution < 1.29 is 4.74 Å². The Kier molecular flexibility index (Phi) is 3.43. The van der Waals surface area contributed by atoms with Gasteiger partial charge in [-0.1, -0.05) is 17.3 Å². The van der Waals surface area contributed by atoms with E-state index >= 15 is 0 Å². The van der Waals surface area contributed by atoms with Gasteiger partial charge in [0.25, 0.3) is 0 Å². The maximum Gasteiger partial charge on any atom is 0.128 e. The van der Waals surface area contributed by atoms with Crippen LogP contribution in [0.5, 0.6) is 5.75 Å². The van der Waals surface area contributed by atoms with Gasteiger partial charge in [-0.3, -0.25) is 0 Å². The van der Waals surface area contributed by atoms with E-state index < -0.39 is 0 Å². The van der Waals surface area contributed by atoms with Gasteiger partial charge in [0.1, 0.15) is 23.8 Å². The van der Waals surface area contributed by atoms with E-state index in [1.165, 1.54) is 0 Å². The number of rotatable bonds is 4. The lowest BCUT2D eigenvalue weighted by atomic mass is 10.1. The van der Waals surface area contributed by atoms with Gasteiger partial charge in [-0.15, -0.1) is 5.10 Å². The zero-order valence-electron chi connectivity index (χ0n) is 12.3. The number of imidazole rings is 1. The molecule has 0 atom stereocenters. The van der Waals surface area contributed by atoms with Crippen molar-refractivity contribution in [1.29, 1.82) is 0 Å². The fourth-order valence-corrected chi connectivity index (χ4v) is 2.20. The van der Waals surface area contributed by atoms with Crippen LogP contribution in [0.1, 0.15) is 17.2 Å². The number of methoxy groups -OCH3 is 1. The maximum absolute atomic E-state index is 5.35. The highest BCUT2D eigenvalue weighted by molar-refractivity contribution is 5.65. The molecule has 0 aliphatic rings. The molecule has 21 heavy (non-hydrogen) atoms. The van der Waals surface area contributed by atoms with Crippen molar-refractivity contribution in [1.82, 2.24) is 25.0 Å². The van der Waals surface area contributed by atoms with Crippen LogP contribution in [-0.2, 0) is 6.54 Å². The van der Waals surface area contributed by atoms with E-state index in [9.17, 15) is 0 Å². The molecule has 0 bridgehead atoms. The molecule has 2 aromatic heterocycles. The summed E-state index contributed by atoms with van der Waals surface area (Å²) in [6, 6.07) is 7.76. The Bertz CT molecular complexity index is 740. The third-order valence-electron chi connectivity index (χ3n) is 3.41. The van der Waals surface area contributed by atoms with Crippen LogP contribution in [0.3, 0.4) is 0 Å². The number of hydrogen-bond donors (Lipinski definition) is 1. The number of nitrogens with one attached hydrogen (secondary N) is 1. The number of nitrogens with zero attached hydrogens (tertiary/aromatic N) is 4. The van der Waals surface area contributed by atoms with Gasteiger partial charge in [0.05, 0.1) is 19.0 Å². The lowest BCUT2D eigenvalue weighted by Gasteiger charge is -2.04. The van der Waals surface area contributed by atoms with E-state index in [1.807, 2.05) is 44.3 Å². The van der Waals surface area contributed by atoms with E-state index in [-0.39, 0.29) is 0 Å². The molecule has 108 valence electrons. The van der Waals surface area contributed by atoms with Crippen molar-refractivity contribution in [3.63, 3.8) is 0 Å². The predicted octanol–water partition coefficient (Wildman–Crippen LogP) is 2.34. The number of aromatic amines is 1. The number of aromatic nitrogens is 5. The van der Waals surface area contributed by atoms with Crippen LogP contribution in [-0.4, -0.2) is 32.1 Å². The lowest BCUT2D eigenvalue weighted by Crippen LogP contribution is -2.02. The van der Waals surface area contributed by atoms with Gasteiger partial charge in [0.2, 0.25) is 0 Å². The van der Waals surface area contributed by atoms with Crippen LogP contribution in [0.4, 0.5) is 0 Å². The summed E-state index contributed by atoms with van der Waals surface area (Å²) in [5, 5.41) is 8.37. The molecular formula is C15H17N5O. The fourth-order valence-electron chi connectivity index (χ4n) is 2.20. The second-order valence-corrected chi connectivity index (χ2v) is 4.90. The van der Waals surface area contributed by atoms with Crippen molar-refractivity contribution in [2.75, 3.05) is 7.11 Å². The zero-order valence-corrected chi connectivity index (χ0v) is 12.3. The summed E-state index contributed by atoms with van der Waals surface area (Å²) in [5.74, 6) is 1.66. The van der Waals surface area contributed by atoms with Crippen molar-refractivity contribution in [3.8, 4) is 17.0 Å². The Hall–Kier alpha value is -2.63. The Morgan fingerprint density at radius 1 is 1.24 bits per heavy atom. The highest BCUT2D eigenvalue weighted by atomic mass is 16.5. The SMILES string of the molecule is COc1ccccc1-c1cn(Cc2nc(C)c(C)[nH]2)nn1. The summed E-state index contributed by atoms with van der Waals surface area (Å²) in [6.45, 7) is 4.56. The first-order chi connectivity index (χ1) is 10.2. The van der Waals surface area contributed by atoms with Crippen LogP contribution in [0.2, 0.25) is 0 Å². The molecule has 1 N–H and O–H groups in total. The third-order valence-corrected chi connectivity index (χ3v) is 3.41. The number of aryl methyl sites for hydroxylation is 2. The van der Waals surface area contributed by atoms with Crippen LogP contribution in [0.25, 0.3) is 11.3 Å². The molecular weight excluding hydrogens is 266 g/mol. The molecule has 3 aromatic rings. The minimum Gasteiger partial charge on any atom is -0.496 e. The molecule has 0 amide bonds. The number of hydrogen-bond acceptors (Lipinski definition) is 4. The molecule has 0 fully saturated rings. The second kappa shape index (κ2) is 5.40. The summed E-state index contributed by atoms with van der Waals surface area (Å²) in [5.41, 5.74) is 3.80. The average Bonchev–Trinajstić information content (AvgIpc) is 3.06. The smallest absolute Gasteiger partial charge is 0.128 e. The first-order valence-electron chi connectivity index (χ1n) is 6.73. The first kappa shape index (κ1) is 13.4. The van der Waals surface area contributed by atoms with Crippen molar-refractivity contribution in [2.24, 2.45) is 0 Å². The third kappa shape index (κ3) is 2.65. The molecule has 0 spiro atoms. The summed E-state index contributed by atoms with van der Waals surface area (Å²) in [7, 11) is 1.65. The Labute approximate surface area is 122 Å². The molecule has 0 saturated carbocycles. The van der Waals surface area contributed by atoms with Gasteiger partial charge in [0, 0.05) is 11.3 Å². The van der Waals surface area contributed by atoms with Gasteiger partial charge in [-0.25, -0.2) is 9.67 Å². The first-order valence-corrected chi connectivity index (χ1v) is 6.73. The van der Waals surface area contributed by atoms with Crippen LogP contribution >= 0.6 is 0 Å². The number of benzene rings is 1. The van der Waals surface area contributed by atoms with Crippen molar-refractivity contribution >= 4 is 0 Å². The standard InChI is InChI=1S/C15H17N5O/c1-10-11(2)17-15(16-10)9-20-8-13(18-19-20)12-6-4-5-7-14(12)21-3/h4-8H,9H2,1-3H3,(H,16,17). The molecule has 0 saturated heterocycles. The molecule has 0 unspecified atom stereocenters. The van der Waals surface area contributed by atoms with Gasteiger partial charge >= 0.3 is 0 Å². The van der Waals surface area contributed by atoms with Gasteiger partial charge in [-0.05, 0) is 26.0 Å². The fraction of sp³-hybridized carbons (Fsp3) is 0.267. The molecule has 0 radical (unpaired) electrons. The van der Waals surface area contributed by atoms with E-state index in [0.29, 0.717) is 6.54 Å². The topological polar surface area (TPSA) is 68.6 Å². The summed E-state index contributed by atoms with van der Waals surface area (Å²) < 4.78 is 7.11. The number of para-hydroxylation sites is 1. The molecule has 0 aliphatic heterocycles. The largest absolute Gasteiger partial charge is 0.496 e. The van der Waals surface area contributed by atoms with Crippen molar-refractivity contribution in [2.45, 2.75) is 20.4 Å². The number of ether oxygens (including phenoxy) is 1. The minimum atomic E-state index is 0.566. The van der Waals surface area contributed by atoms with Crippen LogP contribution in [0, 0.1) is 13.8 Å². The average molecular weight is 283 g/mol. The van der Waals surface area contributed by atoms with E-state index in [1.54, 1.807) is 11.8 Å². The normalized spacial score (nSPS) is 10.8. The summed E-state index contributed by atoms with van der Waals surface area (Å²) in [4.78, 5) is 7.69. The molecule has 2 heterocycles. The minimum absolute atomic E-state index is 0.566. The molecule has 6 nitrogen and oxygen atoms in total. The number of H-pyrrole nitrogens is 1.